The molecule has 0 heterocycles. The van der Waals surface area contributed by atoms with Crippen molar-refractivity contribution in [1.82, 2.24) is 5.32 Å². The summed E-state index contributed by atoms with van der Waals surface area (Å²) >= 11 is 0. The van der Waals surface area contributed by atoms with E-state index >= 15 is 0 Å². The van der Waals surface area contributed by atoms with Gasteiger partial charge < -0.3 is 10.4 Å². The SMILES string of the molecule is CC(C)C(C)(NCC1CC1)C(=O)O. The van der Waals surface area contributed by atoms with Gasteiger partial charge in [-0.1, -0.05) is 13.8 Å². The van der Waals surface area contributed by atoms with Crippen LogP contribution in [0.5, 0.6) is 0 Å². The zero-order valence-corrected chi connectivity index (χ0v) is 8.63. The fraction of sp³-hybridized carbons (Fsp3) is 0.900. The minimum Gasteiger partial charge on any atom is -0.480 e. The maximum Gasteiger partial charge on any atom is 0.323 e. The van der Waals surface area contributed by atoms with Crippen LogP contribution in [-0.4, -0.2) is 23.2 Å². The first-order valence-electron chi connectivity index (χ1n) is 4.95. The van der Waals surface area contributed by atoms with Gasteiger partial charge in [0.1, 0.15) is 5.54 Å². The number of carboxylic acid groups (broad SMARTS) is 1. The van der Waals surface area contributed by atoms with Crippen molar-refractivity contribution in [1.29, 1.82) is 0 Å². The van der Waals surface area contributed by atoms with Crippen LogP contribution in [0, 0.1) is 11.8 Å². The molecule has 1 saturated carbocycles. The van der Waals surface area contributed by atoms with Crippen molar-refractivity contribution in [2.45, 2.75) is 39.2 Å². The maximum absolute atomic E-state index is 11.0. The van der Waals surface area contributed by atoms with Gasteiger partial charge in [-0.3, -0.25) is 4.79 Å². The van der Waals surface area contributed by atoms with Crippen molar-refractivity contribution in [3.63, 3.8) is 0 Å². The monoisotopic (exact) mass is 185 g/mol. The minimum absolute atomic E-state index is 0.115. The van der Waals surface area contributed by atoms with Crippen molar-refractivity contribution >= 4 is 5.97 Å². The zero-order chi connectivity index (χ0) is 10.1. The van der Waals surface area contributed by atoms with Gasteiger partial charge in [-0.25, -0.2) is 0 Å². The van der Waals surface area contributed by atoms with Crippen LogP contribution in [0.4, 0.5) is 0 Å². The lowest BCUT2D eigenvalue weighted by atomic mass is 9.88. The number of hydrogen-bond acceptors (Lipinski definition) is 2. The second-order valence-corrected chi connectivity index (χ2v) is 4.49. The molecule has 0 saturated heterocycles. The lowest BCUT2D eigenvalue weighted by molar-refractivity contribution is -0.146. The lowest BCUT2D eigenvalue weighted by Gasteiger charge is -2.30. The van der Waals surface area contributed by atoms with E-state index in [1.807, 2.05) is 13.8 Å². The molecular weight excluding hydrogens is 166 g/mol. The normalized spacial score (nSPS) is 21.5. The molecule has 1 atom stereocenters. The van der Waals surface area contributed by atoms with Crippen LogP contribution < -0.4 is 5.32 Å². The Morgan fingerprint density at radius 1 is 1.62 bits per heavy atom. The molecule has 3 nitrogen and oxygen atoms in total. The largest absolute Gasteiger partial charge is 0.480 e. The average molecular weight is 185 g/mol. The van der Waals surface area contributed by atoms with Gasteiger partial charge in [0, 0.05) is 0 Å². The van der Waals surface area contributed by atoms with Crippen LogP contribution in [0.2, 0.25) is 0 Å². The van der Waals surface area contributed by atoms with Gasteiger partial charge in [0.2, 0.25) is 0 Å². The summed E-state index contributed by atoms with van der Waals surface area (Å²) in [5.74, 6) is 0.0873. The molecule has 1 unspecified atom stereocenters. The number of carboxylic acids is 1. The fourth-order valence-electron chi connectivity index (χ4n) is 1.21. The molecule has 2 N–H and O–H groups in total. The van der Waals surface area contributed by atoms with Crippen molar-refractivity contribution in [2.24, 2.45) is 11.8 Å². The predicted molar refractivity (Wildman–Crippen MR) is 51.6 cm³/mol. The van der Waals surface area contributed by atoms with Gasteiger partial charge in [-0.15, -0.1) is 0 Å². The Morgan fingerprint density at radius 3 is 2.46 bits per heavy atom. The molecule has 76 valence electrons. The number of aliphatic carboxylic acids is 1. The summed E-state index contributed by atoms with van der Waals surface area (Å²) in [7, 11) is 0. The Kier molecular flexibility index (Phi) is 2.96. The van der Waals surface area contributed by atoms with Gasteiger partial charge in [0.15, 0.2) is 0 Å². The number of carbonyl (C=O) groups is 1. The maximum atomic E-state index is 11.0. The van der Waals surface area contributed by atoms with E-state index in [2.05, 4.69) is 5.32 Å². The molecular formula is C10H19NO2. The molecule has 0 bridgehead atoms. The summed E-state index contributed by atoms with van der Waals surface area (Å²) in [6.45, 7) is 6.49. The molecule has 0 aromatic heterocycles. The summed E-state index contributed by atoms with van der Waals surface area (Å²) < 4.78 is 0. The predicted octanol–water partition coefficient (Wildman–Crippen LogP) is 1.49. The van der Waals surface area contributed by atoms with Crippen molar-refractivity contribution in [3.05, 3.63) is 0 Å². The van der Waals surface area contributed by atoms with E-state index in [4.69, 9.17) is 5.11 Å². The number of nitrogens with one attached hydrogen (secondary N) is 1. The van der Waals surface area contributed by atoms with Crippen molar-refractivity contribution < 1.29 is 9.90 Å². The number of rotatable bonds is 5. The molecule has 1 aliphatic carbocycles. The highest BCUT2D eigenvalue weighted by Gasteiger charge is 2.37. The van der Waals surface area contributed by atoms with E-state index in [9.17, 15) is 4.79 Å². The molecule has 0 aromatic rings. The Balaban J connectivity index is 2.49. The molecule has 0 spiro atoms. The van der Waals surface area contributed by atoms with Crippen LogP contribution in [0.3, 0.4) is 0 Å². The Labute approximate surface area is 79.5 Å². The lowest BCUT2D eigenvalue weighted by Crippen LogP contribution is -2.54. The van der Waals surface area contributed by atoms with E-state index in [1.54, 1.807) is 6.92 Å². The summed E-state index contributed by atoms with van der Waals surface area (Å²) in [5, 5.41) is 12.2. The quantitative estimate of drug-likeness (QED) is 0.682. The first-order chi connectivity index (χ1) is 5.97. The highest BCUT2D eigenvalue weighted by molar-refractivity contribution is 5.78. The fourth-order valence-corrected chi connectivity index (χ4v) is 1.21. The van der Waals surface area contributed by atoms with E-state index in [-0.39, 0.29) is 5.92 Å². The van der Waals surface area contributed by atoms with Gasteiger partial charge in [-0.05, 0) is 38.1 Å². The Bertz CT molecular complexity index is 199. The first kappa shape index (κ1) is 10.5. The molecule has 1 aliphatic rings. The molecule has 0 aliphatic heterocycles. The smallest absolute Gasteiger partial charge is 0.323 e. The second-order valence-electron chi connectivity index (χ2n) is 4.49. The third-order valence-corrected chi connectivity index (χ3v) is 3.05. The molecule has 3 heteroatoms. The van der Waals surface area contributed by atoms with Gasteiger partial charge in [0.05, 0.1) is 0 Å². The van der Waals surface area contributed by atoms with Crippen LogP contribution in [0.1, 0.15) is 33.6 Å². The molecule has 1 rings (SSSR count). The molecule has 0 radical (unpaired) electrons. The number of hydrogen-bond donors (Lipinski definition) is 2. The van der Waals surface area contributed by atoms with Gasteiger partial charge in [0.25, 0.3) is 0 Å². The standard InChI is InChI=1S/C10H19NO2/c1-7(2)10(3,9(12)13)11-6-8-4-5-8/h7-8,11H,4-6H2,1-3H3,(H,12,13). The summed E-state index contributed by atoms with van der Waals surface area (Å²) in [6, 6.07) is 0. The van der Waals surface area contributed by atoms with E-state index in [1.165, 1.54) is 12.8 Å². The third-order valence-electron chi connectivity index (χ3n) is 3.05. The van der Waals surface area contributed by atoms with Crippen LogP contribution >= 0.6 is 0 Å². The molecule has 0 amide bonds. The topological polar surface area (TPSA) is 49.3 Å². The third kappa shape index (κ3) is 2.44. The van der Waals surface area contributed by atoms with Crippen LogP contribution in [0.15, 0.2) is 0 Å². The van der Waals surface area contributed by atoms with E-state index in [0.29, 0.717) is 0 Å². The molecule has 1 fully saturated rings. The summed E-state index contributed by atoms with van der Waals surface area (Å²) in [6.07, 6.45) is 2.50. The van der Waals surface area contributed by atoms with Crippen molar-refractivity contribution in [2.75, 3.05) is 6.54 Å². The van der Waals surface area contributed by atoms with Crippen LogP contribution in [-0.2, 0) is 4.79 Å². The Morgan fingerprint density at radius 2 is 2.15 bits per heavy atom. The van der Waals surface area contributed by atoms with Gasteiger partial charge >= 0.3 is 5.97 Å². The Hall–Kier alpha value is -0.570. The van der Waals surface area contributed by atoms with E-state index in [0.717, 1.165) is 12.5 Å². The van der Waals surface area contributed by atoms with Crippen LogP contribution in [0.25, 0.3) is 0 Å². The van der Waals surface area contributed by atoms with E-state index < -0.39 is 11.5 Å². The summed E-state index contributed by atoms with van der Waals surface area (Å²) in [5.41, 5.74) is -0.761. The first-order valence-corrected chi connectivity index (χ1v) is 4.95. The van der Waals surface area contributed by atoms with Gasteiger partial charge in [-0.2, -0.15) is 0 Å². The van der Waals surface area contributed by atoms with Crippen molar-refractivity contribution in [3.8, 4) is 0 Å². The summed E-state index contributed by atoms with van der Waals surface area (Å²) in [4.78, 5) is 11.0. The minimum atomic E-state index is -0.761. The highest BCUT2D eigenvalue weighted by atomic mass is 16.4. The highest BCUT2D eigenvalue weighted by Crippen LogP contribution is 2.29. The molecule has 0 aromatic carbocycles. The molecule has 13 heavy (non-hydrogen) atoms. The zero-order valence-electron chi connectivity index (χ0n) is 8.63. The second kappa shape index (κ2) is 3.66. The average Bonchev–Trinajstić information content (AvgIpc) is 2.82.